The lowest BCUT2D eigenvalue weighted by Crippen LogP contribution is -2.58. The summed E-state index contributed by atoms with van der Waals surface area (Å²) in [5.74, 6) is 0.496. The number of hydrogen-bond acceptors (Lipinski definition) is 6. The topological polar surface area (TPSA) is 89.0 Å². The molecule has 9 heteroatoms. The predicted octanol–water partition coefficient (Wildman–Crippen LogP) is 1.14. The van der Waals surface area contributed by atoms with E-state index < -0.39 is 15.6 Å². The third kappa shape index (κ3) is 4.41. The smallest absolute Gasteiger partial charge is 0.254 e. The molecule has 0 N–H and O–H groups in total. The Labute approximate surface area is 160 Å². The number of methoxy groups -OCH3 is 1. The number of ether oxygens (including phenoxy) is 2. The molecule has 0 radical (unpaired) electrons. The second-order valence-electron chi connectivity index (χ2n) is 7.06. The van der Waals surface area contributed by atoms with E-state index in [9.17, 15) is 13.2 Å². The standard InChI is InChI=1S/C18H27N3O5S/c1-3-12-27(23,24)21-10-11-26-18(14-21)5-8-20(9-6-18)17(22)15-4-7-19-16(13-15)25-2/h4,7,13H,3,5-6,8-12,14H2,1-2H3. The number of pyridine rings is 1. The van der Waals surface area contributed by atoms with Gasteiger partial charge in [-0.15, -0.1) is 0 Å². The van der Waals surface area contributed by atoms with Gasteiger partial charge in [-0.05, 0) is 25.3 Å². The van der Waals surface area contributed by atoms with Crippen LogP contribution in [0.2, 0.25) is 0 Å². The van der Waals surface area contributed by atoms with Gasteiger partial charge in [-0.3, -0.25) is 4.79 Å². The minimum absolute atomic E-state index is 0.0724. The first-order chi connectivity index (χ1) is 12.9. The summed E-state index contributed by atoms with van der Waals surface area (Å²) in [6.07, 6.45) is 3.40. The summed E-state index contributed by atoms with van der Waals surface area (Å²) < 4.78 is 37.5. The second kappa shape index (κ2) is 8.12. The summed E-state index contributed by atoms with van der Waals surface area (Å²) >= 11 is 0. The van der Waals surface area contributed by atoms with E-state index in [1.54, 1.807) is 27.5 Å². The fourth-order valence-electron chi connectivity index (χ4n) is 3.69. The minimum atomic E-state index is -3.24. The highest BCUT2D eigenvalue weighted by Gasteiger charge is 2.43. The van der Waals surface area contributed by atoms with Gasteiger partial charge in [-0.2, -0.15) is 4.31 Å². The van der Waals surface area contributed by atoms with Crippen LogP contribution in [0.1, 0.15) is 36.5 Å². The van der Waals surface area contributed by atoms with Crippen molar-refractivity contribution in [1.82, 2.24) is 14.2 Å². The van der Waals surface area contributed by atoms with Crippen LogP contribution in [0.5, 0.6) is 5.88 Å². The summed E-state index contributed by atoms with van der Waals surface area (Å²) in [5.41, 5.74) is 0.0423. The van der Waals surface area contributed by atoms with Crippen LogP contribution >= 0.6 is 0 Å². The van der Waals surface area contributed by atoms with Crippen LogP contribution in [-0.4, -0.2) is 79.8 Å². The van der Waals surface area contributed by atoms with Crippen molar-refractivity contribution < 1.29 is 22.7 Å². The summed E-state index contributed by atoms with van der Waals surface area (Å²) in [6.45, 7) is 4.12. The first kappa shape index (κ1) is 20.0. The number of rotatable bonds is 5. The number of nitrogens with zero attached hydrogens (tertiary/aromatic N) is 3. The lowest BCUT2D eigenvalue weighted by atomic mass is 9.89. The van der Waals surface area contributed by atoms with Gasteiger partial charge in [0.2, 0.25) is 15.9 Å². The van der Waals surface area contributed by atoms with E-state index in [1.807, 2.05) is 6.92 Å². The monoisotopic (exact) mass is 397 g/mol. The first-order valence-electron chi connectivity index (χ1n) is 9.30. The van der Waals surface area contributed by atoms with Crippen LogP contribution < -0.4 is 4.74 Å². The van der Waals surface area contributed by atoms with Gasteiger partial charge in [0.15, 0.2) is 0 Å². The number of hydrogen-bond donors (Lipinski definition) is 0. The van der Waals surface area contributed by atoms with Gasteiger partial charge in [-0.1, -0.05) is 6.92 Å². The number of carbonyl (C=O) groups is 1. The largest absolute Gasteiger partial charge is 0.481 e. The molecule has 1 spiro atoms. The maximum absolute atomic E-state index is 12.7. The number of morpholine rings is 1. The number of sulfonamides is 1. The third-order valence-corrected chi connectivity index (χ3v) is 7.24. The molecule has 0 aliphatic carbocycles. The van der Waals surface area contributed by atoms with Crippen LogP contribution in [0.4, 0.5) is 0 Å². The SMILES string of the molecule is CCCS(=O)(=O)N1CCOC2(CCN(C(=O)c3ccnc(OC)c3)CC2)C1. The zero-order chi connectivity index (χ0) is 19.5. The van der Waals surface area contributed by atoms with Crippen molar-refractivity contribution in [3.63, 3.8) is 0 Å². The van der Waals surface area contributed by atoms with E-state index >= 15 is 0 Å². The van der Waals surface area contributed by atoms with Crippen molar-refractivity contribution in [1.29, 1.82) is 0 Å². The molecule has 0 bridgehead atoms. The molecule has 0 unspecified atom stereocenters. The van der Waals surface area contributed by atoms with Crippen molar-refractivity contribution >= 4 is 15.9 Å². The average molecular weight is 397 g/mol. The van der Waals surface area contributed by atoms with E-state index in [-0.39, 0.29) is 11.7 Å². The molecule has 1 aromatic heterocycles. The number of amides is 1. The molecule has 3 heterocycles. The van der Waals surface area contributed by atoms with Crippen molar-refractivity contribution in [2.45, 2.75) is 31.8 Å². The lowest BCUT2D eigenvalue weighted by Gasteiger charge is -2.46. The Hall–Kier alpha value is -1.71. The Morgan fingerprint density at radius 3 is 2.74 bits per heavy atom. The van der Waals surface area contributed by atoms with E-state index in [0.29, 0.717) is 63.5 Å². The van der Waals surface area contributed by atoms with Crippen LogP contribution in [-0.2, 0) is 14.8 Å². The van der Waals surface area contributed by atoms with Crippen molar-refractivity contribution in [3.8, 4) is 5.88 Å². The van der Waals surface area contributed by atoms with E-state index in [0.717, 1.165) is 0 Å². The fraction of sp³-hybridized carbons (Fsp3) is 0.667. The number of likely N-dealkylation sites (tertiary alicyclic amines) is 1. The van der Waals surface area contributed by atoms with E-state index in [1.165, 1.54) is 7.11 Å². The second-order valence-corrected chi connectivity index (χ2v) is 9.15. The molecule has 2 aliphatic heterocycles. The lowest BCUT2D eigenvalue weighted by molar-refractivity contribution is -0.115. The average Bonchev–Trinajstić information content (AvgIpc) is 2.68. The van der Waals surface area contributed by atoms with Gasteiger partial charge in [0.25, 0.3) is 5.91 Å². The maximum atomic E-state index is 12.7. The highest BCUT2D eigenvalue weighted by atomic mass is 32.2. The van der Waals surface area contributed by atoms with Crippen LogP contribution in [0.25, 0.3) is 0 Å². The molecular weight excluding hydrogens is 370 g/mol. The molecule has 27 heavy (non-hydrogen) atoms. The molecule has 0 atom stereocenters. The summed E-state index contributed by atoms with van der Waals surface area (Å²) in [5, 5.41) is 0. The van der Waals surface area contributed by atoms with Crippen molar-refractivity contribution in [3.05, 3.63) is 23.9 Å². The van der Waals surface area contributed by atoms with Crippen LogP contribution in [0, 0.1) is 0 Å². The first-order valence-corrected chi connectivity index (χ1v) is 10.9. The highest BCUT2D eigenvalue weighted by molar-refractivity contribution is 7.89. The molecule has 2 aliphatic rings. The molecule has 8 nitrogen and oxygen atoms in total. The van der Waals surface area contributed by atoms with Gasteiger partial charge in [0.1, 0.15) is 0 Å². The molecule has 3 rings (SSSR count). The van der Waals surface area contributed by atoms with Crippen LogP contribution in [0.3, 0.4) is 0 Å². The number of carbonyl (C=O) groups excluding carboxylic acids is 1. The Kier molecular flexibility index (Phi) is 6.02. The molecule has 1 amide bonds. The summed E-state index contributed by atoms with van der Waals surface area (Å²) in [6, 6.07) is 3.30. The molecule has 2 saturated heterocycles. The number of aromatic nitrogens is 1. The van der Waals surface area contributed by atoms with Crippen molar-refractivity contribution in [2.24, 2.45) is 0 Å². The van der Waals surface area contributed by atoms with Gasteiger partial charge >= 0.3 is 0 Å². The molecule has 0 saturated carbocycles. The zero-order valence-corrected chi connectivity index (χ0v) is 16.7. The normalized spacial score (nSPS) is 20.6. The highest BCUT2D eigenvalue weighted by Crippen LogP contribution is 2.32. The van der Waals surface area contributed by atoms with Crippen molar-refractivity contribution in [2.75, 3.05) is 45.6 Å². The third-order valence-electron chi connectivity index (χ3n) is 5.22. The fourth-order valence-corrected chi connectivity index (χ4v) is 5.25. The maximum Gasteiger partial charge on any atom is 0.254 e. The van der Waals surface area contributed by atoms with E-state index in [2.05, 4.69) is 4.98 Å². The zero-order valence-electron chi connectivity index (χ0n) is 15.9. The Morgan fingerprint density at radius 1 is 1.33 bits per heavy atom. The molecular formula is C18H27N3O5S. The van der Waals surface area contributed by atoms with Gasteiger partial charge in [0, 0.05) is 44.0 Å². The van der Waals surface area contributed by atoms with Gasteiger partial charge in [-0.25, -0.2) is 13.4 Å². The summed E-state index contributed by atoms with van der Waals surface area (Å²) in [4.78, 5) is 18.5. The number of piperidine rings is 1. The van der Waals surface area contributed by atoms with Crippen LogP contribution in [0.15, 0.2) is 18.3 Å². The Morgan fingerprint density at radius 2 is 2.07 bits per heavy atom. The van der Waals surface area contributed by atoms with E-state index in [4.69, 9.17) is 9.47 Å². The molecule has 150 valence electrons. The molecule has 0 aromatic carbocycles. The minimum Gasteiger partial charge on any atom is -0.481 e. The quantitative estimate of drug-likeness (QED) is 0.740. The predicted molar refractivity (Wildman–Crippen MR) is 100 cm³/mol. The molecule has 1 aromatic rings. The van der Waals surface area contributed by atoms with Gasteiger partial charge in [0.05, 0.1) is 25.1 Å². The molecule has 2 fully saturated rings. The Bertz CT molecular complexity index is 775. The summed E-state index contributed by atoms with van der Waals surface area (Å²) in [7, 11) is -1.72. The van der Waals surface area contributed by atoms with Gasteiger partial charge < -0.3 is 14.4 Å². The Balaban J connectivity index is 1.64.